The molecule has 0 atom stereocenters. The Hall–Kier alpha value is -1.81. The zero-order valence-electron chi connectivity index (χ0n) is 16.4. The number of carbonyl (C=O) groups is 1. The minimum Gasteiger partial charge on any atom is -0.497 e. The van der Waals surface area contributed by atoms with E-state index < -0.39 is 8.07 Å². The highest BCUT2D eigenvalue weighted by molar-refractivity contribution is 6.91. The van der Waals surface area contributed by atoms with Crippen LogP contribution in [0.25, 0.3) is 10.8 Å². The fourth-order valence-electron chi connectivity index (χ4n) is 4.79. The maximum Gasteiger partial charge on any atom is 0.254 e. The van der Waals surface area contributed by atoms with Gasteiger partial charge in [-0.15, -0.1) is 0 Å². The molecule has 1 fully saturated rings. The second-order valence-electron chi connectivity index (χ2n) is 8.85. The summed E-state index contributed by atoms with van der Waals surface area (Å²) in [7, 11) is -0.00727. The van der Waals surface area contributed by atoms with Gasteiger partial charge in [0.15, 0.2) is 0 Å². The summed E-state index contributed by atoms with van der Waals surface area (Å²) in [6.45, 7) is 7.83. The smallest absolute Gasteiger partial charge is 0.254 e. The molecule has 1 amide bonds. The van der Waals surface area contributed by atoms with Crippen LogP contribution in [0.3, 0.4) is 0 Å². The summed E-state index contributed by atoms with van der Waals surface area (Å²) in [6, 6.07) is 8.97. The molecule has 4 heteroatoms. The Morgan fingerprint density at radius 1 is 1.08 bits per heavy atom. The first-order chi connectivity index (χ1) is 12.4. The van der Waals surface area contributed by atoms with Gasteiger partial charge in [0.2, 0.25) is 0 Å². The van der Waals surface area contributed by atoms with Crippen molar-refractivity contribution in [3.63, 3.8) is 0 Å². The SMILES string of the molecule is COc1ccc2cc3c(c([Si](C)(C)C)c2c1)C(=O)N(C1CCCCC1)C3. The van der Waals surface area contributed by atoms with Gasteiger partial charge in [0, 0.05) is 18.2 Å². The van der Waals surface area contributed by atoms with Gasteiger partial charge in [-0.05, 0) is 52.6 Å². The minimum atomic E-state index is -1.71. The number of hydrogen-bond acceptors (Lipinski definition) is 2. The molecular weight excluding hydrogens is 338 g/mol. The van der Waals surface area contributed by atoms with E-state index in [4.69, 9.17) is 4.74 Å². The topological polar surface area (TPSA) is 29.5 Å². The van der Waals surface area contributed by atoms with Crippen molar-refractivity contribution in [2.45, 2.75) is 64.3 Å². The summed E-state index contributed by atoms with van der Waals surface area (Å²) in [6.07, 6.45) is 6.15. The van der Waals surface area contributed by atoms with Gasteiger partial charge in [-0.3, -0.25) is 4.79 Å². The van der Waals surface area contributed by atoms with Gasteiger partial charge in [-0.1, -0.05) is 45.0 Å². The fraction of sp³-hybridized carbons (Fsp3) is 0.500. The standard InChI is InChI=1S/C22H29NO2Si/c1-25-18-11-10-15-12-16-14-23(17-8-6-5-7-9-17)22(24)20(16)21(19(15)13-18)26(2,3)4/h10-13,17H,5-9,14H2,1-4H3. The van der Waals surface area contributed by atoms with Crippen molar-refractivity contribution in [3.8, 4) is 5.75 Å². The maximum atomic E-state index is 13.5. The van der Waals surface area contributed by atoms with E-state index in [0.717, 1.165) is 30.7 Å². The summed E-state index contributed by atoms with van der Waals surface area (Å²) >= 11 is 0. The molecule has 1 aliphatic carbocycles. The zero-order chi connectivity index (χ0) is 18.5. The average molecular weight is 368 g/mol. The first-order valence-corrected chi connectivity index (χ1v) is 13.3. The van der Waals surface area contributed by atoms with Crippen LogP contribution in [0.1, 0.15) is 48.0 Å². The lowest BCUT2D eigenvalue weighted by Gasteiger charge is -2.31. The molecular formula is C22H29NO2Si. The van der Waals surface area contributed by atoms with Gasteiger partial charge in [0.05, 0.1) is 15.2 Å². The van der Waals surface area contributed by atoms with Crippen LogP contribution in [0.5, 0.6) is 5.75 Å². The number of fused-ring (bicyclic) bond motifs is 2. The third-order valence-electron chi connectivity index (χ3n) is 6.01. The number of nitrogens with zero attached hydrogens (tertiary/aromatic N) is 1. The van der Waals surface area contributed by atoms with Gasteiger partial charge >= 0.3 is 0 Å². The summed E-state index contributed by atoms with van der Waals surface area (Å²) in [4.78, 5) is 15.6. The molecule has 0 bridgehead atoms. The maximum absolute atomic E-state index is 13.5. The lowest BCUT2D eigenvalue weighted by Crippen LogP contribution is -2.44. The molecule has 1 saturated carbocycles. The van der Waals surface area contributed by atoms with Crippen LogP contribution in [0.15, 0.2) is 24.3 Å². The van der Waals surface area contributed by atoms with E-state index in [2.05, 4.69) is 42.7 Å². The lowest BCUT2D eigenvalue weighted by molar-refractivity contribution is 0.0661. The molecule has 2 aliphatic rings. The Balaban J connectivity index is 1.89. The highest BCUT2D eigenvalue weighted by Gasteiger charge is 2.38. The van der Waals surface area contributed by atoms with E-state index >= 15 is 0 Å². The molecule has 0 N–H and O–H groups in total. The molecule has 2 aromatic carbocycles. The number of hydrogen-bond donors (Lipinski definition) is 0. The van der Waals surface area contributed by atoms with E-state index in [9.17, 15) is 4.79 Å². The molecule has 3 nitrogen and oxygen atoms in total. The van der Waals surface area contributed by atoms with E-state index in [1.54, 1.807) is 7.11 Å². The Kier molecular flexibility index (Phi) is 4.34. The van der Waals surface area contributed by atoms with Gasteiger partial charge in [0.25, 0.3) is 5.91 Å². The molecule has 0 saturated heterocycles. The molecule has 2 aromatic rings. The molecule has 1 aliphatic heterocycles. The molecule has 1 heterocycles. The second-order valence-corrected chi connectivity index (χ2v) is 13.8. The highest BCUT2D eigenvalue weighted by Crippen LogP contribution is 2.34. The summed E-state index contributed by atoms with van der Waals surface area (Å²) < 4.78 is 5.47. The number of rotatable bonds is 3. The quantitative estimate of drug-likeness (QED) is 0.737. The van der Waals surface area contributed by atoms with E-state index in [1.807, 2.05) is 6.07 Å². The molecule has 4 rings (SSSR count). The molecule has 0 aromatic heterocycles. The number of amides is 1. The van der Waals surface area contributed by atoms with E-state index in [1.165, 1.54) is 40.8 Å². The van der Waals surface area contributed by atoms with Crippen LogP contribution in [0, 0.1) is 0 Å². The lowest BCUT2D eigenvalue weighted by atomic mass is 9.94. The summed E-state index contributed by atoms with van der Waals surface area (Å²) in [5.41, 5.74) is 2.24. The largest absolute Gasteiger partial charge is 0.497 e. The number of benzene rings is 2. The van der Waals surface area contributed by atoms with Gasteiger partial charge in [-0.2, -0.15) is 0 Å². The van der Waals surface area contributed by atoms with Gasteiger partial charge in [-0.25, -0.2) is 0 Å². The van der Waals surface area contributed by atoms with Gasteiger partial charge < -0.3 is 9.64 Å². The van der Waals surface area contributed by atoms with Crippen molar-refractivity contribution >= 4 is 29.9 Å². The fourth-order valence-corrected chi connectivity index (χ4v) is 6.84. The monoisotopic (exact) mass is 367 g/mol. The zero-order valence-corrected chi connectivity index (χ0v) is 17.4. The van der Waals surface area contributed by atoms with Crippen LogP contribution in [0.2, 0.25) is 19.6 Å². The molecule has 0 radical (unpaired) electrons. The van der Waals surface area contributed by atoms with Crippen molar-refractivity contribution in [2.24, 2.45) is 0 Å². The average Bonchev–Trinajstić information content (AvgIpc) is 2.95. The number of carbonyl (C=O) groups excluding carboxylic acids is 1. The number of methoxy groups -OCH3 is 1. The molecule has 138 valence electrons. The number of ether oxygens (including phenoxy) is 1. The van der Waals surface area contributed by atoms with Crippen LogP contribution in [-0.2, 0) is 6.54 Å². The third-order valence-corrected chi connectivity index (χ3v) is 8.03. The van der Waals surface area contributed by atoms with Crippen molar-refractivity contribution in [1.82, 2.24) is 4.90 Å². The Morgan fingerprint density at radius 3 is 2.46 bits per heavy atom. The van der Waals surface area contributed by atoms with Crippen LogP contribution >= 0.6 is 0 Å². The Morgan fingerprint density at radius 2 is 1.81 bits per heavy atom. The van der Waals surface area contributed by atoms with Crippen molar-refractivity contribution < 1.29 is 9.53 Å². The minimum absolute atomic E-state index is 0.272. The predicted molar refractivity (Wildman–Crippen MR) is 110 cm³/mol. The van der Waals surface area contributed by atoms with E-state index in [0.29, 0.717) is 6.04 Å². The normalized spacial score (nSPS) is 18.5. The first-order valence-electron chi connectivity index (χ1n) is 9.85. The van der Waals surface area contributed by atoms with Crippen LogP contribution < -0.4 is 9.92 Å². The van der Waals surface area contributed by atoms with Crippen LogP contribution in [-0.4, -0.2) is 32.0 Å². The predicted octanol–water partition coefficient (Wildman–Crippen LogP) is 4.68. The molecule has 0 unspecified atom stereocenters. The molecule has 26 heavy (non-hydrogen) atoms. The third kappa shape index (κ3) is 2.84. The van der Waals surface area contributed by atoms with Crippen molar-refractivity contribution in [1.29, 1.82) is 0 Å². The summed E-state index contributed by atoms with van der Waals surface area (Å²) in [5, 5.41) is 3.76. The first kappa shape index (κ1) is 17.6. The van der Waals surface area contributed by atoms with Gasteiger partial charge in [0.1, 0.15) is 5.75 Å². The van der Waals surface area contributed by atoms with Crippen LogP contribution in [0.4, 0.5) is 0 Å². The Labute approximate surface area is 157 Å². The van der Waals surface area contributed by atoms with E-state index in [-0.39, 0.29) is 5.91 Å². The Bertz CT molecular complexity index is 863. The van der Waals surface area contributed by atoms with Crippen molar-refractivity contribution in [2.75, 3.05) is 7.11 Å². The molecule has 0 spiro atoms. The summed E-state index contributed by atoms with van der Waals surface area (Å²) in [5.74, 6) is 1.14. The van der Waals surface area contributed by atoms with Crippen molar-refractivity contribution in [3.05, 3.63) is 35.4 Å². The second kappa shape index (κ2) is 6.41. The highest BCUT2D eigenvalue weighted by atomic mass is 28.3.